The van der Waals surface area contributed by atoms with Gasteiger partial charge in [0.05, 0.1) is 19.0 Å². The molecule has 1 fully saturated rings. The largest absolute Gasteiger partial charge is 0.379 e. The van der Waals surface area contributed by atoms with Gasteiger partial charge in [0, 0.05) is 44.5 Å². The Morgan fingerprint density at radius 3 is 2.50 bits per heavy atom. The fourth-order valence-corrected chi connectivity index (χ4v) is 4.19. The van der Waals surface area contributed by atoms with E-state index in [1.54, 1.807) is 31.3 Å². The summed E-state index contributed by atoms with van der Waals surface area (Å²) in [7, 11) is 1.72. The van der Waals surface area contributed by atoms with Gasteiger partial charge in [0.15, 0.2) is 0 Å². The Morgan fingerprint density at radius 2 is 1.79 bits per heavy atom. The Labute approximate surface area is 202 Å². The number of tetrazole rings is 1. The van der Waals surface area contributed by atoms with Gasteiger partial charge in [-0.1, -0.05) is 36.0 Å². The second-order valence-electron chi connectivity index (χ2n) is 7.84. The molecule has 34 heavy (non-hydrogen) atoms. The fraction of sp³-hybridized carbons (Fsp3) is 0.348. The van der Waals surface area contributed by atoms with Gasteiger partial charge < -0.3 is 15.4 Å². The first-order valence-corrected chi connectivity index (χ1v) is 12.0. The number of aryl methyl sites for hydroxylation is 1. The molecule has 2 amide bonds. The monoisotopic (exact) mass is 481 g/mol. The lowest BCUT2D eigenvalue weighted by Crippen LogP contribution is -2.36. The van der Waals surface area contributed by atoms with Gasteiger partial charge in [0.25, 0.3) is 5.91 Å². The predicted octanol–water partition coefficient (Wildman–Crippen LogP) is 1.70. The van der Waals surface area contributed by atoms with Gasteiger partial charge in [-0.3, -0.25) is 14.5 Å². The molecule has 11 heteroatoms. The molecule has 3 aromatic rings. The van der Waals surface area contributed by atoms with E-state index < -0.39 is 0 Å². The van der Waals surface area contributed by atoms with Crippen molar-refractivity contribution in [3.8, 4) is 0 Å². The molecule has 0 radical (unpaired) electrons. The smallest absolute Gasteiger partial charge is 0.251 e. The summed E-state index contributed by atoms with van der Waals surface area (Å²) in [6.45, 7) is 4.64. The maximum absolute atomic E-state index is 12.7. The molecule has 2 aromatic carbocycles. The van der Waals surface area contributed by atoms with E-state index >= 15 is 0 Å². The minimum atomic E-state index is -0.179. The van der Waals surface area contributed by atoms with Gasteiger partial charge in [0.1, 0.15) is 0 Å². The highest BCUT2D eigenvalue weighted by Gasteiger charge is 2.14. The van der Waals surface area contributed by atoms with Crippen molar-refractivity contribution in [3.63, 3.8) is 0 Å². The van der Waals surface area contributed by atoms with E-state index in [0.717, 1.165) is 38.4 Å². The number of benzene rings is 2. The van der Waals surface area contributed by atoms with Crippen LogP contribution in [-0.4, -0.2) is 69.0 Å². The third-order valence-corrected chi connectivity index (χ3v) is 6.41. The van der Waals surface area contributed by atoms with Crippen molar-refractivity contribution in [1.29, 1.82) is 0 Å². The third-order valence-electron chi connectivity index (χ3n) is 5.40. The van der Waals surface area contributed by atoms with Crippen molar-refractivity contribution in [2.45, 2.75) is 18.2 Å². The number of ether oxygens (including phenoxy) is 1. The van der Waals surface area contributed by atoms with Gasteiger partial charge in [-0.05, 0) is 45.8 Å². The molecule has 0 aliphatic carbocycles. The topological polar surface area (TPSA) is 114 Å². The number of hydrogen-bond acceptors (Lipinski definition) is 8. The maximum atomic E-state index is 12.7. The first-order valence-electron chi connectivity index (χ1n) is 11.0. The second kappa shape index (κ2) is 11.7. The number of carbonyl (C=O) groups excluding carboxylic acids is 2. The lowest BCUT2D eigenvalue weighted by molar-refractivity contribution is -0.113. The molecule has 1 aliphatic rings. The zero-order chi connectivity index (χ0) is 23.8. The van der Waals surface area contributed by atoms with Gasteiger partial charge >= 0.3 is 0 Å². The molecule has 4 rings (SSSR count). The lowest BCUT2D eigenvalue weighted by atomic mass is 10.1. The minimum absolute atomic E-state index is 0.163. The fourth-order valence-electron chi connectivity index (χ4n) is 3.54. The molecule has 0 spiro atoms. The number of rotatable bonds is 9. The van der Waals surface area contributed by atoms with Gasteiger partial charge in [0.2, 0.25) is 11.1 Å². The lowest BCUT2D eigenvalue weighted by Gasteiger charge is -2.27. The zero-order valence-electron chi connectivity index (χ0n) is 18.9. The summed E-state index contributed by atoms with van der Waals surface area (Å²) in [5.41, 5.74) is 3.46. The molecule has 0 unspecified atom stereocenters. The van der Waals surface area contributed by atoms with Crippen molar-refractivity contribution in [2.24, 2.45) is 7.05 Å². The van der Waals surface area contributed by atoms with E-state index in [1.807, 2.05) is 18.2 Å². The first kappa shape index (κ1) is 23.9. The summed E-state index contributed by atoms with van der Waals surface area (Å²) in [5, 5.41) is 17.5. The number of nitrogens with one attached hydrogen (secondary N) is 2. The van der Waals surface area contributed by atoms with Gasteiger partial charge in [-0.2, -0.15) is 0 Å². The van der Waals surface area contributed by atoms with Gasteiger partial charge in [-0.25, -0.2) is 4.68 Å². The van der Waals surface area contributed by atoms with Crippen LogP contribution in [0.15, 0.2) is 53.7 Å². The van der Waals surface area contributed by atoms with Crippen molar-refractivity contribution in [3.05, 3.63) is 65.2 Å². The van der Waals surface area contributed by atoms with Crippen LogP contribution >= 0.6 is 11.8 Å². The number of thioether (sulfide) groups is 1. The number of carbonyl (C=O) groups is 2. The van der Waals surface area contributed by atoms with Crippen molar-refractivity contribution in [1.82, 2.24) is 30.4 Å². The molecule has 0 saturated carbocycles. The number of morpholine rings is 1. The SMILES string of the molecule is Cn1nnnc1SCC(=O)Nc1ccc(C(=O)NCc2ccccc2CN2CCOCC2)cc1. The predicted molar refractivity (Wildman–Crippen MR) is 128 cm³/mol. The van der Waals surface area contributed by atoms with Crippen LogP contribution in [0.2, 0.25) is 0 Å². The summed E-state index contributed by atoms with van der Waals surface area (Å²) in [6, 6.07) is 15.0. The highest BCUT2D eigenvalue weighted by atomic mass is 32.2. The number of anilines is 1. The van der Waals surface area contributed by atoms with Crippen LogP contribution in [0, 0.1) is 0 Å². The molecule has 0 bridgehead atoms. The number of aromatic nitrogens is 4. The van der Waals surface area contributed by atoms with Crippen LogP contribution in [0.3, 0.4) is 0 Å². The highest BCUT2D eigenvalue weighted by Crippen LogP contribution is 2.16. The Morgan fingerprint density at radius 1 is 1.06 bits per heavy atom. The standard InChI is InChI=1S/C23H27N7O3S/c1-29-23(26-27-28-29)34-16-21(31)25-20-8-6-17(7-9-20)22(32)24-14-18-4-2-3-5-19(18)15-30-10-12-33-13-11-30/h2-9H,10-16H2,1H3,(H,24,32)(H,25,31). The molecule has 1 aromatic heterocycles. The Bertz CT molecular complexity index is 1110. The van der Waals surface area contributed by atoms with E-state index in [4.69, 9.17) is 4.74 Å². The van der Waals surface area contributed by atoms with E-state index in [-0.39, 0.29) is 17.6 Å². The third kappa shape index (κ3) is 6.62. The number of hydrogen-bond donors (Lipinski definition) is 2. The highest BCUT2D eigenvalue weighted by molar-refractivity contribution is 7.99. The van der Waals surface area contributed by atoms with Crippen LogP contribution in [-0.2, 0) is 29.7 Å². The van der Waals surface area contributed by atoms with Crippen molar-refractivity contribution < 1.29 is 14.3 Å². The van der Waals surface area contributed by atoms with E-state index in [0.29, 0.717) is 23.0 Å². The first-order chi connectivity index (χ1) is 16.6. The van der Waals surface area contributed by atoms with E-state index in [1.165, 1.54) is 22.0 Å². The summed E-state index contributed by atoms with van der Waals surface area (Å²) >= 11 is 1.25. The molecule has 178 valence electrons. The van der Waals surface area contributed by atoms with Crippen LogP contribution in [0.1, 0.15) is 21.5 Å². The van der Waals surface area contributed by atoms with Crippen molar-refractivity contribution in [2.75, 3.05) is 37.4 Å². The van der Waals surface area contributed by atoms with Crippen LogP contribution < -0.4 is 10.6 Å². The molecule has 2 N–H and O–H groups in total. The maximum Gasteiger partial charge on any atom is 0.251 e. The Balaban J connectivity index is 1.27. The van der Waals surface area contributed by atoms with Crippen LogP contribution in [0.4, 0.5) is 5.69 Å². The molecule has 0 atom stereocenters. The van der Waals surface area contributed by atoms with Crippen molar-refractivity contribution >= 4 is 29.3 Å². The number of amides is 2. The summed E-state index contributed by atoms with van der Waals surface area (Å²) < 4.78 is 6.93. The normalized spacial score (nSPS) is 14.0. The van der Waals surface area contributed by atoms with Crippen LogP contribution in [0.25, 0.3) is 0 Å². The molecule has 10 nitrogen and oxygen atoms in total. The Kier molecular flexibility index (Phi) is 8.23. The minimum Gasteiger partial charge on any atom is -0.379 e. The molecule has 1 aliphatic heterocycles. The quantitative estimate of drug-likeness (QED) is 0.444. The average molecular weight is 482 g/mol. The average Bonchev–Trinajstić information content (AvgIpc) is 3.27. The zero-order valence-corrected chi connectivity index (χ0v) is 19.8. The summed E-state index contributed by atoms with van der Waals surface area (Å²) in [5.74, 6) is -0.160. The van der Waals surface area contributed by atoms with E-state index in [2.05, 4.69) is 37.1 Å². The summed E-state index contributed by atoms with van der Waals surface area (Å²) in [4.78, 5) is 27.2. The van der Waals surface area contributed by atoms with Gasteiger partial charge in [-0.15, -0.1) is 5.10 Å². The molecule has 2 heterocycles. The molecular formula is C23H27N7O3S. The number of nitrogens with zero attached hydrogens (tertiary/aromatic N) is 5. The summed E-state index contributed by atoms with van der Waals surface area (Å²) in [6.07, 6.45) is 0. The molecular weight excluding hydrogens is 454 g/mol. The van der Waals surface area contributed by atoms with E-state index in [9.17, 15) is 9.59 Å². The Hall–Kier alpha value is -3.28. The van der Waals surface area contributed by atoms with Crippen LogP contribution in [0.5, 0.6) is 0 Å². The molecule has 1 saturated heterocycles. The second-order valence-corrected chi connectivity index (χ2v) is 8.78.